The van der Waals surface area contributed by atoms with Crippen LogP contribution in [0.3, 0.4) is 0 Å². The molecule has 0 bridgehead atoms. The first-order valence-corrected chi connectivity index (χ1v) is 7.94. The van der Waals surface area contributed by atoms with Crippen molar-refractivity contribution in [3.63, 3.8) is 0 Å². The summed E-state index contributed by atoms with van der Waals surface area (Å²) in [4.78, 5) is 11.0. The lowest BCUT2D eigenvalue weighted by Crippen LogP contribution is -2.53. The molecule has 1 N–H and O–H groups in total. The largest absolute Gasteiger partial charge is 0.478 e. The van der Waals surface area contributed by atoms with Crippen molar-refractivity contribution in [2.24, 2.45) is 10.8 Å². The second kappa shape index (κ2) is 6.42. The van der Waals surface area contributed by atoms with Crippen molar-refractivity contribution in [3.05, 3.63) is 71.8 Å². The highest BCUT2D eigenvalue weighted by atomic mass is 16.4. The van der Waals surface area contributed by atoms with Crippen LogP contribution in [0.2, 0.25) is 0 Å². The fraction of sp³-hybridized carbons (Fsp3) is 0.286. The molecule has 0 amide bonds. The van der Waals surface area contributed by atoms with Crippen molar-refractivity contribution in [2.75, 3.05) is 0 Å². The Kier molecular flexibility index (Phi) is 4.68. The molecule has 2 rings (SSSR count). The van der Waals surface area contributed by atoms with Crippen molar-refractivity contribution in [3.8, 4) is 12.1 Å². The predicted molar refractivity (Wildman–Crippen MR) is 95.2 cm³/mol. The van der Waals surface area contributed by atoms with Crippen LogP contribution < -0.4 is 0 Å². The van der Waals surface area contributed by atoms with Gasteiger partial charge in [-0.25, -0.2) is 4.79 Å². The van der Waals surface area contributed by atoms with Gasteiger partial charge in [0.15, 0.2) is 5.41 Å². The van der Waals surface area contributed by atoms with Gasteiger partial charge in [0.25, 0.3) is 0 Å². The Hall–Kier alpha value is -3.11. The van der Waals surface area contributed by atoms with E-state index >= 15 is 0 Å². The number of carboxylic acid groups (broad SMARTS) is 1. The van der Waals surface area contributed by atoms with Crippen molar-refractivity contribution in [1.82, 2.24) is 0 Å². The summed E-state index contributed by atoms with van der Waals surface area (Å²) in [7, 11) is 0. The van der Waals surface area contributed by atoms with Crippen molar-refractivity contribution in [1.29, 1.82) is 10.5 Å². The summed E-state index contributed by atoms with van der Waals surface area (Å²) in [5.41, 5.74) is -1.74. The number of allylic oxidation sites excluding steroid dienone is 5. The van der Waals surface area contributed by atoms with Crippen LogP contribution in [0.4, 0.5) is 0 Å². The minimum absolute atomic E-state index is 0.376. The maximum Gasteiger partial charge on any atom is 0.328 e. The Bertz CT molecular complexity index is 829. The molecular weight excluding hydrogens is 312 g/mol. The number of hydrogen-bond donors (Lipinski definition) is 1. The normalized spacial score (nSPS) is 22.0. The molecule has 1 aliphatic rings. The monoisotopic (exact) mass is 332 g/mol. The van der Waals surface area contributed by atoms with Crippen LogP contribution in [0.25, 0.3) is 0 Å². The van der Waals surface area contributed by atoms with Crippen molar-refractivity contribution < 1.29 is 9.90 Å². The average molecular weight is 332 g/mol. The molecule has 0 aliphatic heterocycles. The molecule has 0 radical (unpaired) electrons. The maximum atomic E-state index is 11.0. The fourth-order valence-electron chi connectivity index (χ4n) is 3.71. The van der Waals surface area contributed by atoms with Gasteiger partial charge in [0, 0.05) is 6.08 Å². The lowest BCUT2D eigenvalue weighted by Gasteiger charge is -2.51. The zero-order chi connectivity index (χ0) is 18.7. The average Bonchev–Trinajstić information content (AvgIpc) is 2.58. The van der Waals surface area contributed by atoms with Gasteiger partial charge in [-0.2, -0.15) is 10.5 Å². The number of nitriles is 2. The molecular formula is C21H20N2O2. The minimum Gasteiger partial charge on any atom is -0.478 e. The van der Waals surface area contributed by atoms with Gasteiger partial charge in [0.1, 0.15) is 0 Å². The van der Waals surface area contributed by atoms with Crippen LogP contribution >= 0.6 is 0 Å². The van der Waals surface area contributed by atoms with Gasteiger partial charge >= 0.3 is 5.97 Å². The minimum atomic E-state index is -1.55. The first-order valence-electron chi connectivity index (χ1n) is 7.94. The van der Waals surface area contributed by atoms with Gasteiger partial charge < -0.3 is 5.11 Å². The van der Waals surface area contributed by atoms with Gasteiger partial charge in [-0.05, 0) is 22.6 Å². The third-order valence-electron chi connectivity index (χ3n) is 4.80. The van der Waals surface area contributed by atoms with Crippen LogP contribution in [0, 0.1) is 33.5 Å². The number of nitrogens with zero attached hydrogens (tertiary/aromatic N) is 2. The summed E-state index contributed by atoms with van der Waals surface area (Å²) < 4.78 is 0. The Morgan fingerprint density at radius 1 is 1.16 bits per heavy atom. The second-order valence-electron chi connectivity index (χ2n) is 7.05. The lowest BCUT2D eigenvalue weighted by molar-refractivity contribution is -0.131. The van der Waals surface area contributed by atoms with Crippen LogP contribution in [-0.4, -0.2) is 11.1 Å². The van der Waals surface area contributed by atoms with Gasteiger partial charge in [0.05, 0.1) is 17.6 Å². The molecule has 0 heterocycles. The van der Waals surface area contributed by atoms with E-state index < -0.39 is 22.2 Å². The summed E-state index contributed by atoms with van der Waals surface area (Å²) in [6, 6.07) is 13.9. The van der Waals surface area contributed by atoms with Crippen LogP contribution in [0.15, 0.2) is 66.3 Å². The SMILES string of the molecule is CC(C)(C)C1(c2ccccc2)C=CC=C(C=CC(=O)O)C1(C#N)C#N. The fourth-order valence-corrected chi connectivity index (χ4v) is 3.71. The number of carboxylic acids is 1. The summed E-state index contributed by atoms with van der Waals surface area (Å²) in [6.45, 7) is 5.95. The molecule has 0 saturated carbocycles. The number of benzene rings is 1. The van der Waals surface area contributed by atoms with E-state index in [4.69, 9.17) is 5.11 Å². The zero-order valence-corrected chi connectivity index (χ0v) is 14.5. The molecule has 1 unspecified atom stereocenters. The molecule has 4 heteroatoms. The summed E-state index contributed by atoms with van der Waals surface area (Å²) in [5, 5.41) is 29.2. The lowest BCUT2D eigenvalue weighted by atomic mass is 9.47. The highest BCUT2D eigenvalue weighted by Crippen LogP contribution is 2.59. The Morgan fingerprint density at radius 3 is 2.24 bits per heavy atom. The second-order valence-corrected chi connectivity index (χ2v) is 7.05. The number of aliphatic carboxylic acids is 1. The highest BCUT2D eigenvalue weighted by molar-refractivity contribution is 5.81. The van der Waals surface area contributed by atoms with E-state index in [9.17, 15) is 15.3 Å². The van der Waals surface area contributed by atoms with E-state index in [1.165, 1.54) is 6.08 Å². The predicted octanol–water partition coefficient (Wildman–Crippen LogP) is 4.14. The molecule has 1 atom stereocenters. The Labute approximate surface area is 148 Å². The van der Waals surface area contributed by atoms with Crippen molar-refractivity contribution >= 4 is 5.97 Å². The zero-order valence-electron chi connectivity index (χ0n) is 14.5. The molecule has 1 aliphatic carbocycles. The van der Waals surface area contributed by atoms with Gasteiger partial charge in [-0.15, -0.1) is 0 Å². The van der Waals surface area contributed by atoms with E-state index in [0.29, 0.717) is 5.57 Å². The molecule has 126 valence electrons. The Morgan fingerprint density at radius 2 is 1.76 bits per heavy atom. The van der Waals surface area contributed by atoms with E-state index in [2.05, 4.69) is 12.1 Å². The van der Waals surface area contributed by atoms with Crippen molar-refractivity contribution in [2.45, 2.75) is 26.2 Å². The molecule has 0 aromatic heterocycles. The molecule has 4 nitrogen and oxygen atoms in total. The number of hydrogen-bond acceptors (Lipinski definition) is 3. The molecule has 0 saturated heterocycles. The first-order chi connectivity index (χ1) is 11.7. The smallest absolute Gasteiger partial charge is 0.328 e. The molecule has 25 heavy (non-hydrogen) atoms. The van der Waals surface area contributed by atoms with E-state index in [-0.39, 0.29) is 0 Å². The van der Waals surface area contributed by atoms with Crippen LogP contribution in [0.5, 0.6) is 0 Å². The molecule has 1 aromatic rings. The molecule has 0 spiro atoms. The third kappa shape index (κ3) is 2.66. The van der Waals surface area contributed by atoms with Crippen LogP contribution in [0.1, 0.15) is 26.3 Å². The maximum absolute atomic E-state index is 11.0. The topological polar surface area (TPSA) is 84.9 Å². The third-order valence-corrected chi connectivity index (χ3v) is 4.80. The summed E-state index contributed by atoms with van der Waals surface area (Å²) in [5.74, 6) is -1.12. The quantitative estimate of drug-likeness (QED) is 0.843. The van der Waals surface area contributed by atoms with Gasteiger partial charge in [-0.3, -0.25) is 0 Å². The standard InChI is InChI=1S/C21H20N2O2/c1-19(2,3)21(17-8-5-4-6-9-17)13-7-10-16(11-12-18(24)25)20(21,14-22)15-23/h4-13H,1-3H3,(H,24,25). The molecule has 0 fully saturated rings. The number of carbonyl (C=O) groups is 1. The Balaban J connectivity index is 2.87. The summed E-state index contributed by atoms with van der Waals surface area (Å²) >= 11 is 0. The van der Waals surface area contributed by atoms with Crippen LogP contribution in [-0.2, 0) is 10.2 Å². The van der Waals surface area contributed by atoms with Gasteiger partial charge in [0.2, 0.25) is 0 Å². The highest BCUT2D eigenvalue weighted by Gasteiger charge is 2.60. The number of rotatable bonds is 3. The summed E-state index contributed by atoms with van der Waals surface area (Å²) in [6.07, 6.45) is 7.65. The van der Waals surface area contributed by atoms with Gasteiger partial charge in [-0.1, -0.05) is 69.3 Å². The van der Waals surface area contributed by atoms with E-state index in [0.717, 1.165) is 11.6 Å². The van der Waals surface area contributed by atoms with E-state index in [1.54, 1.807) is 12.2 Å². The van der Waals surface area contributed by atoms with E-state index in [1.807, 2.05) is 57.2 Å². The first kappa shape index (κ1) is 18.2. The molecule has 1 aromatic carbocycles.